The molecule has 1 aliphatic rings. The smallest absolute Gasteiger partial charge is 0.310 e. The molecule has 0 spiro atoms. The third kappa shape index (κ3) is 3.33. The van der Waals surface area contributed by atoms with Crippen molar-refractivity contribution in [1.29, 1.82) is 5.26 Å². The fraction of sp³-hybridized carbons (Fsp3) is 0.562. The number of piperidine rings is 1. The number of carbonyl (C=O) groups is 1. The molecule has 5 heteroatoms. The monoisotopic (exact) mass is 287 g/mol. The molecule has 1 unspecified atom stereocenters. The Bertz CT molecular complexity index is 578. The van der Waals surface area contributed by atoms with Gasteiger partial charge in [-0.15, -0.1) is 0 Å². The quantitative estimate of drug-likeness (QED) is 0.798. The zero-order valence-electron chi connectivity index (χ0n) is 12.8. The van der Waals surface area contributed by atoms with Crippen LogP contribution in [0.1, 0.15) is 36.6 Å². The van der Waals surface area contributed by atoms with E-state index < -0.39 is 0 Å². The molecule has 1 atom stereocenters. The number of rotatable bonds is 3. The van der Waals surface area contributed by atoms with E-state index in [2.05, 4.69) is 11.1 Å². The molecule has 0 aliphatic carbocycles. The van der Waals surface area contributed by atoms with Gasteiger partial charge in [-0.3, -0.25) is 4.79 Å². The summed E-state index contributed by atoms with van der Waals surface area (Å²) in [5.41, 5.74) is 2.42. The summed E-state index contributed by atoms with van der Waals surface area (Å²) in [6.07, 6.45) is 1.74. The lowest BCUT2D eigenvalue weighted by atomic mass is 9.97. The van der Waals surface area contributed by atoms with Gasteiger partial charge in [0.05, 0.1) is 18.1 Å². The van der Waals surface area contributed by atoms with Crippen LogP contribution in [-0.2, 0) is 9.53 Å². The Kier molecular flexibility index (Phi) is 4.79. The van der Waals surface area contributed by atoms with Crippen LogP contribution in [0, 0.1) is 31.1 Å². The molecule has 2 heterocycles. The van der Waals surface area contributed by atoms with Crippen LogP contribution in [0.15, 0.2) is 6.07 Å². The van der Waals surface area contributed by atoms with Crippen molar-refractivity contribution in [2.75, 3.05) is 24.6 Å². The van der Waals surface area contributed by atoms with Crippen LogP contribution in [0.4, 0.5) is 5.82 Å². The predicted octanol–water partition coefficient (Wildman–Crippen LogP) is 2.35. The first-order chi connectivity index (χ1) is 10.1. The summed E-state index contributed by atoms with van der Waals surface area (Å²) < 4.78 is 5.12. The van der Waals surface area contributed by atoms with Crippen LogP contribution in [0.5, 0.6) is 0 Å². The predicted molar refractivity (Wildman–Crippen MR) is 80.0 cm³/mol. The fourth-order valence-corrected chi connectivity index (χ4v) is 2.81. The second kappa shape index (κ2) is 6.57. The molecule has 21 heavy (non-hydrogen) atoms. The van der Waals surface area contributed by atoms with Gasteiger partial charge in [-0.25, -0.2) is 4.98 Å². The van der Waals surface area contributed by atoms with Crippen LogP contribution in [-0.4, -0.2) is 30.6 Å². The average Bonchev–Trinajstić information content (AvgIpc) is 2.47. The van der Waals surface area contributed by atoms with Crippen molar-refractivity contribution >= 4 is 11.8 Å². The highest BCUT2D eigenvalue weighted by Gasteiger charge is 2.29. The maximum absolute atomic E-state index is 11.9. The van der Waals surface area contributed by atoms with Gasteiger partial charge in [-0.2, -0.15) is 5.26 Å². The van der Waals surface area contributed by atoms with Gasteiger partial charge in [0.2, 0.25) is 0 Å². The van der Waals surface area contributed by atoms with Crippen molar-refractivity contribution in [3.05, 3.63) is 22.9 Å². The molecule has 0 saturated carbocycles. The second-order valence-corrected chi connectivity index (χ2v) is 5.43. The van der Waals surface area contributed by atoms with Crippen molar-refractivity contribution in [3.63, 3.8) is 0 Å². The van der Waals surface area contributed by atoms with Crippen LogP contribution < -0.4 is 4.90 Å². The molecular formula is C16H21N3O2. The molecule has 5 nitrogen and oxygen atoms in total. The number of pyridine rings is 1. The number of hydrogen-bond donors (Lipinski definition) is 0. The molecule has 1 saturated heterocycles. The number of nitrogens with zero attached hydrogens (tertiary/aromatic N) is 3. The number of carbonyl (C=O) groups excluding carboxylic acids is 1. The van der Waals surface area contributed by atoms with Crippen molar-refractivity contribution in [2.24, 2.45) is 5.92 Å². The first-order valence-corrected chi connectivity index (χ1v) is 7.36. The van der Waals surface area contributed by atoms with E-state index in [9.17, 15) is 10.1 Å². The highest BCUT2D eigenvalue weighted by atomic mass is 16.5. The molecule has 2 rings (SSSR count). The number of aromatic nitrogens is 1. The Morgan fingerprint density at radius 1 is 1.57 bits per heavy atom. The Morgan fingerprint density at radius 2 is 2.33 bits per heavy atom. The Balaban J connectivity index is 2.26. The average molecular weight is 287 g/mol. The van der Waals surface area contributed by atoms with Gasteiger partial charge in [-0.1, -0.05) is 0 Å². The van der Waals surface area contributed by atoms with Crippen molar-refractivity contribution < 1.29 is 9.53 Å². The van der Waals surface area contributed by atoms with E-state index in [0.29, 0.717) is 24.5 Å². The van der Waals surface area contributed by atoms with E-state index in [-0.39, 0.29) is 11.9 Å². The Hall–Kier alpha value is -2.09. The standard InChI is InChI=1S/C16H21N3O2/c1-4-21-16(20)13-6-5-7-19(10-13)15-14(9-17)11(2)8-12(3)18-15/h8,13H,4-7,10H2,1-3H3. The lowest BCUT2D eigenvalue weighted by Gasteiger charge is -2.33. The van der Waals surface area contributed by atoms with Gasteiger partial charge < -0.3 is 9.64 Å². The van der Waals surface area contributed by atoms with Crippen LogP contribution in [0.2, 0.25) is 0 Å². The number of ether oxygens (including phenoxy) is 1. The Morgan fingerprint density at radius 3 is 3.00 bits per heavy atom. The summed E-state index contributed by atoms with van der Waals surface area (Å²) in [4.78, 5) is 18.5. The maximum atomic E-state index is 11.9. The minimum absolute atomic E-state index is 0.132. The van der Waals surface area contributed by atoms with Gasteiger partial charge in [-0.05, 0) is 45.2 Å². The number of aryl methyl sites for hydroxylation is 2. The largest absolute Gasteiger partial charge is 0.466 e. The first-order valence-electron chi connectivity index (χ1n) is 7.36. The Labute approximate surface area is 125 Å². The first kappa shape index (κ1) is 15.3. The molecule has 0 aromatic carbocycles. The van der Waals surface area contributed by atoms with Gasteiger partial charge in [0.1, 0.15) is 11.9 Å². The minimum atomic E-state index is -0.148. The second-order valence-electron chi connectivity index (χ2n) is 5.43. The molecule has 0 bridgehead atoms. The van der Waals surface area contributed by atoms with Crippen LogP contribution in [0.3, 0.4) is 0 Å². The van der Waals surface area contributed by atoms with Crippen molar-refractivity contribution in [1.82, 2.24) is 4.98 Å². The number of esters is 1. The van der Waals surface area contributed by atoms with E-state index >= 15 is 0 Å². The third-order valence-corrected chi connectivity index (χ3v) is 3.78. The van der Waals surface area contributed by atoms with Gasteiger partial charge in [0, 0.05) is 18.8 Å². The number of hydrogen-bond acceptors (Lipinski definition) is 5. The molecule has 0 radical (unpaired) electrons. The summed E-state index contributed by atoms with van der Waals surface area (Å²) in [6.45, 7) is 7.45. The highest BCUT2D eigenvalue weighted by molar-refractivity contribution is 5.74. The number of nitriles is 1. The van der Waals surface area contributed by atoms with E-state index in [4.69, 9.17) is 4.74 Å². The van der Waals surface area contributed by atoms with Gasteiger partial charge in [0.25, 0.3) is 0 Å². The molecule has 112 valence electrons. The zero-order valence-corrected chi connectivity index (χ0v) is 12.8. The minimum Gasteiger partial charge on any atom is -0.466 e. The van der Waals surface area contributed by atoms with Gasteiger partial charge in [0.15, 0.2) is 0 Å². The molecule has 1 fully saturated rings. The summed E-state index contributed by atoms with van der Waals surface area (Å²) in [7, 11) is 0. The third-order valence-electron chi connectivity index (χ3n) is 3.78. The van der Waals surface area contributed by atoms with E-state index in [1.54, 1.807) is 0 Å². The SMILES string of the molecule is CCOC(=O)C1CCCN(c2nc(C)cc(C)c2C#N)C1. The van der Waals surface area contributed by atoms with E-state index in [1.165, 1.54) is 0 Å². The zero-order chi connectivity index (χ0) is 15.4. The van der Waals surface area contributed by atoms with Gasteiger partial charge >= 0.3 is 5.97 Å². The normalized spacial score (nSPS) is 18.2. The van der Waals surface area contributed by atoms with Crippen LogP contribution in [0.25, 0.3) is 0 Å². The van der Waals surface area contributed by atoms with Crippen LogP contribution >= 0.6 is 0 Å². The maximum Gasteiger partial charge on any atom is 0.310 e. The van der Waals surface area contributed by atoms with Crippen molar-refractivity contribution in [2.45, 2.75) is 33.6 Å². The summed E-state index contributed by atoms with van der Waals surface area (Å²) >= 11 is 0. The topological polar surface area (TPSA) is 66.2 Å². The summed E-state index contributed by atoms with van der Waals surface area (Å²) in [5.74, 6) is 0.418. The van der Waals surface area contributed by atoms with E-state index in [0.717, 1.165) is 30.6 Å². The molecule has 0 N–H and O–H groups in total. The highest BCUT2D eigenvalue weighted by Crippen LogP contribution is 2.27. The molecule has 1 aromatic heterocycles. The molecular weight excluding hydrogens is 266 g/mol. The lowest BCUT2D eigenvalue weighted by molar-refractivity contribution is -0.148. The fourth-order valence-electron chi connectivity index (χ4n) is 2.81. The number of anilines is 1. The molecule has 0 amide bonds. The lowest BCUT2D eigenvalue weighted by Crippen LogP contribution is -2.40. The van der Waals surface area contributed by atoms with E-state index in [1.807, 2.05) is 31.7 Å². The van der Waals surface area contributed by atoms with Crippen molar-refractivity contribution in [3.8, 4) is 6.07 Å². The summed E-state index contributed by atoms with van der Waals surface area (Å²) in [6, 6.07) is 4.15. The summed E-state index contributed by atoms with van der Waals surface area (Å²) in [5, 5.41) is 9.37. The molecule has 1 aromatic rings. The molecule has 1 aliphatic heterocycles.